The van der Waals surface area contributed by atoms with Crippen molar-refractivity contribution in [3.05, 3.63) is 23.8 Å². The van der Waals surface area contributed by atoms with Gasteiger partial charge < -0.3 is 8.94 Å². The third-order valence-electron chi connectivity index (χ3n) is 2.86. The lowest BCUT2D eigenvalue weighted by Gasteiger charge is -2.20. The lowest BCUT2D eigenvalue weighted by Crippen LogP contribution is -2.08. The van der Waals surface area contributed by atoms with Gasteiger partial charge in [0, 0.05) is 5.92 Å². The van der Waals surface area contributed by atoms with Crippen LogP contribution >= 0.6 is 0 Å². The second-order valence-electron chi connectivity index (χ2n) is 3.90. The minimum atomic E-state index is 0.269. The molecule has 0 bridgehead atoms. The maximum Gasteiger partial charge on any atom is 0.238 e. The second-order valence-corrected chi connectivity index (χ2v) is 3.90. The second kappa shape index (κ2) is 3.59. The van der Waals surface area contributed by atoms with Crippen LogP contribution in [0.3, 0.4) is 0 Å². The summed E-state index contributed by atoms with van der Waals surface area (Å²) in [5.41, 5.74) is 0. The lowest BCUT2D eigenvalue weighted by molar-refractivity contribution is 0.110. The highest BCUT2D eigenvalue weighted by Crippen LogP contribution is 2.36. The van der Waals surface area contributed by atoms with Crippen LogP contribution in [0.15, 0.2) is 21.1 Å². The highest BCUT2D eigenvalue weighted by Gasteiger charge is 2.26. The minimum Gasteiger partial charge on any atom is -0.450 e. The van der Waals surface area contributed by atoms with Crippen molar-refractivity contribution >= 4 is 6.29 Å². The summed E-state index contributed by atoms with van der Waals surface area (Å²) in [4.78, 5) is 14.7. The Morgan fingerprint density at radius 2 is 2.25 bits per heavy atom. The Morgan fingerprint density at radius 1 is 1.38 bits per heavy atom. The van der Waals surface area contributed by atoms with Crippen LogP contribution in [0.2, 0.25) is 0 Å². The Kier molecular flexibility index (Phi) is 2.09. The Bertz CT molecular complexity index is 511. The maximum atomic E-state index is 10.5. The fourth-order valence-electron chi connectivity index (χ4n) is 1.69. The Balaban J connectivity index is 1.88. The fraction of sp³-hybridized carbons (Fsp3) is 0.364. The average molecular weight is 218 g/mol. The van der Waals surface area contributed by atoms with Crippen LogP contribution in [0.1, 0.15) is 41.6 Å². The number of hydrogen-bond donors (Lipinski definition) is 0. The zero-order valence-electron chi connectivity index (χ0n) is 8.55. The van der Waals surface area contributed by atoms with Crippen LogP contribution in [-0.4, -0.2) is 16.4 Å². The monoisotopic (exact) mass is 218 g/mol. The van der Waals surface area contributed by atoms with Crippen LogP contribution in [-0.2, 0) is 0 Å². The van der Waals surface area contributed by atoms with Crippen molar-refractivity contribution in [1.29, 1.82) is 0 Å². The number of rotatable bonds is 3. The van der Waals surface area contributed by atoms with Crippen molar-refractivity contribution in [3.63, 3.8) is 0 Å². The first-order valence-corrected chi connectivity index (χ1v) is 5.26. The van der Waals surface area contributed by atoms with Gasteiger partial charge in [0.25, 0.3) is 0 Å². The van der Waals surface area contributed by atoms with Crippen LogP contribution in [0.4, 0.5) is 0 Å². The first-order valence-electron chi connectivity index (χ1n) is 5.26. The van der Waals surface area contributed by atoms with E-state index in [0.717, 1.165) is 12.8 Å². The van der Waals surface area contributed by atoms with Crippen molar-refractivity contribution in [2.75, 3.05) is 0 Å². The summed E-state index contributed by atoms with van der Waals surface area (Å²) in [6.45, 7) is 0. The summed E-state index contributed by atoms with van der Waals surface area (Å²) in [7, 11) is 0. The SMILES string of the molecule is O=Cc1ccc(-c2noc(C3CCC3)n2)o1. The molecule has 2 aromatic rings. The summed E-state index contributed by atoms with van der Waals surface area (Å²) in [6.07, 6.45) is 4.09. The number of aromatic nitrogens is 2. The number of carbonyl (C=O) groups excluding carboxylic acids is 1. The molecule has 0 amide bonds. The first kappa shape index (κ1) is 9.33. The third kappa shape index (κ3) is 1.44. The highest BCUT2D eigenvalue weighted by molar-refractivity contribution is 5.71. The van der Waals surface area contributed by atoms with Crippen LogP contribution in [0.25, 0.3) is 11.6 Å². The molecule has 5 nitrogen and oxygen atoms in total. The molecule has 0 N–H and O–H groups in total. The summed E-state index contributed by atoms with van der Waals surface area (Å²) in [5.74, 6) is 2.23. The van der Waals surface area contributed by atoms with Gasteiger partial charge in [0.1, 0.15) is 0 Å². The lowest BCUT2D eigenvalue weighted by atomic mass is 9.85. The van der Waals surface area contributed by atoms with Crippen molar-refractivity contribution in [2.24, 2.45) is 0 Å². The first-order chi connectivity index (χ1) is 7.86. The molecule has 0 aromatic carbocycles. The standard InChI is InChI=1S/C11H10N2O3/c14-6-8-4-5-9(15-8)10-12-11(16-13-10)7-2-1-3-7/h4-7H,1-3H2. The predicted octanol–water partition coefficient (Wildman–Crippen LogP) is 2.41. The summed E-state index contributed by atoms with van der Waals surface area (Å²) >= 11 is 0. The van der Waals surface area contributed by atoms with Gasteiger partial charge in [0.05, 0.1) is 0 Å². The van der Waals surface area contributed by atoms with Crippen LogP contribution in [0.5, 0.6) is 0 Å². The molecule has 1 fully saturated rings. The zero-order valence-corrected chi connectivity index (χ0v) is 8.55. The van der Waals surface area contributed by atoms with Gasteiger partial charge in [-0.25, -0.2) is 0 Å². The molecule has 0 saturated heterocycles. The molecule has 0 radical (unpaired) electrons. The van der Waals surface area contributed by atoms with Gasteiger partial charge in [0.2, 0.25) is 11.7 Å². The number of carbonyl (C=O) groups is 1. The number of aldehydes is 1. The molecule has 0 atom stereocenters. The van der Waals surface area contributed by atoms with E-state index in [4.69, 9.17) is 8.94 Å². The molecule has 0 spiro atoms. The molecule has 1 aliphatic carbocycles. The van der Waals surface area contributed by atoms with E-state index in [0.29, 0.717) is 29.7 Å². The molecule has 2 aromatic heterocycles. The smallest absolute Gasteiger partial charge is 0.238 e. The fourth-order valence-corrected chi connectivity index (χ4v) is 1.69. The molecular formula is C11H10N2O3. The van der Waals surface area contributed by atoms with Crippen molar-refractivity contribution in [3.8, 4) is 11.6 Å². The third-order valence-corrected chi connectivity index (χ3v) is 2.86. The normalized spacial score (nSPS) is 16.0. The molecule has 0 unspecified atom stereocenters. The van der Waals surface area contributed by atoms with Gasteiger partial charge in [-0.05, 0) is 25.0 Å². The van der Waals surface area contributed by atoms with E-state index in [1.165, 1.54) is 6.42 Å². The van der Waals surface area contributed by atoms with E-state index in [9.17, 15) is 4.79 Å². The molecule has 1 aliphatic rings. The van der Waals surface area contributed by atoms with Crippen LogP contribution < -0.4 is 0 Å². The quantitative estimate of drug-likeness (QED) is 0.740. The van der Waals surface area contributed by atoms with Crippen molar-refractivity contribution in [2.45, 2.75) is 25.2 Å². The predicted molar refractivity (Wildman–Crippen MR) is 54.0 cm³/mol. The van der Waals surface area contributed by atoms with Crippen LogP contribution in [0, 0.1) is 0 Å². The minimum absolute atomic E-state index is 0.269. The van der Waals surface area contributed by atoms with E-state index < -0.39 is 0 Å². The topological polar surface area (TPSA) is 69.1 Å². The Hall–Kier alpha value is -1.91. The highest BCUT2D eigenvalue weighted by atomic mass is 16.5. The molecule has 16 heavy (non-hydrogen) atoms. The average Bonchev–Trinajstić information content (AvgIpc) is 2.81. The van der Waals surface area contributed by atoms with E-state index in [2.05, 4.69) is 10.1 Å². The maximum absolute atomic E-state index is 10.5. The molecule has 2 heterocycles. The molecule has 5 heteroatoms. The number of furan rings is 1. The van der Waals surface area contributed by atoms with E-state index in [1.807, 2.05) is 0 Å². The van der Waals surface area contributed by atoms with Gasteiger partial charge in [-0.1, -0.05) is 11.6 Å². The largest absolute Gasteiger partial charge is 0.450 e. The summed E-state index contributed by atoms with van der Waals surface area (Å²) in [5, 5.41) is 3.84. The van der Waals surface area contributed by atoms with Gasteiger partial charge in [-0.3, -0.25) is 4.79 Å². The molecule has 1 saturated carbocycles. The van der Waals surface area contributed by atoms with Gasteiger partial charge >= 0.3 is 0 Å². The molecule has 3 rings (SSSR count). The summed E-state index contributed by atoms with van der Waals surface area (Å²) < 4.78 is 10.4. The van der Waals surface area contributed by atoms with Crippen molar-refractivity contribution < 1.29 is 13.7 Å². The molecule has 0 aliphatic heterocycles. The number of nitrogens with zero attached hydrogens (tertiary/aromatic N) is 2. The molecule has 82 valence electrons. The number of hydrogen-bond acceptors (Lipinski definition) is 5. The van der Waals surface area contributed by atoms with Gasteiger partial charge in [-0.2, -0.15) is 4.98 Å². The Labute approximate surface area is 91.4 Å². The zero-order chi connectivity index (χ0) is 11.0. The van der Waals surface area contributed by atoms with Crippen molar-refractivity contribution in [1.82, 2.24) is 10.1 Å². The van der Waals surface area contributed by atoms with E-state index in [1.54, 1.807) is 12.1 Å². The van der Waals surface area contributed by atoms with Gasteiger partial charge in [-0.15, -0.1) is 0 Å². The Morgan fingerprint density at radius 3 is 2.88 bits per heavy atom. The summed E-state index contributed by atoms with van der Waals surface area (Å²) in [6, 6.07) is 3.25. The molecular weight excluding hydrogens is 208 g/mol. The van der Waals surface area contributed by atoms with E-state index in [-0.39, 0.29) is 5.76 Å². The van der Waals surface area contributed by atoms with Gasteiger partial charge in [0.15, 0.2) is 17.8 Å². The van der Waals surface area contributed by atoms with E-state index >= 15 is 0 Å².